The van der Waals surface area contributed by atoms with Crippen LogP contribution in [0.3, 0.4) is 0 Å². The monoisotopic (exact) mass is 295 g/mol. The predicted molar refractivity (Wildman–Crippen MR) is 78.6 cm³/mol. The molecule has 21 heavy (non-hydrogen) atoms. The summed E-state index contributed by atoms with van der Waals surface area (Å²) in [6.07, 6.45) is 0.877. The van der Waals surface area contributed by atoms with Crippen LogP contribution in [-0.4, -0.2) is 48.6 Å². The number of nitrogens with two attached hydrogens (primary N) is 1. The molecule has 6 heteroatoms. The van der Waals surface area contributed by atoms with Gasteiger partial charge in [0.15, 0.2) is 11.6 Å². The highest BCUT2D eigenvalue weighted by Crippen LogP contribution is 2.19. The number of rotatable bonds is 4. The highest BCUT2D eigenvalue weighted by molar-refractivity contribution is 5.71. The van der Waals surface area contributed by atoms with Crippen molar-refractivity contribution in [3.63, 3.8) is 0 Å². The molecule has 0 unspecified atom stereocenters. The number of hydrogen-bond donors (Lipinski definition) is 1. The SMILES string of the molecule is CCOc1ccc(CN2CCCN(C(N)=O)CC2)cc1F. The summed E-state index contributed by atoms with van der Waals surface area (Å²) in [6.45, 7) is 5.87. The van der Waals surface area contributed by atoms with Crippen molar-refractivity contribution in [2.45, 2.75) is 19.9 Å². The molecule has 1 fully saturated rings. The van der Waals surface area contributed by atoms with Crippen molar-refractivity contribution in [1.82, 2.24) is 9.80 Å². The molecule has 2 N–H and O–H groups in total. The van der Waals surface area contributed by atoms with Crippen LogP contribution >= 0.6 is 0 Å². The number of halogens is 1. The standard InChI is InChI=1S/C15H22FN3O2/c1-2-21-14-5-4-12(10-13(14)16)11-18-6-3-7-19(9-8-18)15(17)20/h4-5,10H,2-3,6-9,11H2,1H3,(H2,17,20). The van der Waals surface area contributed by atoms with Crippen LogP contribution in [0.25, 0.3) is 0 Å². The third kappa shape index (κ3) is 4.32. The Hall–Kier alpha value is -1.82. The van der Waals surface area contributed by atoms with E-state index in [9.17, 15) is 9.18 Å². The summed E-state index contributed by atoms with van der Waals surface area (Å²) in [5.74, 6) is -0.0417. The van der Waals surface area contributed by atoms with E-state index in [1.54, 1.807) is 11.0 Å². The van der Waals surface area contributed by atoms with Gasteiger partial charge in [-0.3, -0.25) is 4.90 Å². The van der Waals surface area contributed by atoms with Gasteiger partial charge in [-0.1, -0.05) is 6.07 Å². The molecule has 116 valence electrons. The maximum absolute atomic E-state index is 13.8. The molecule has 1 saturated heterocycles. The first kappa shape index (κ1) is 15.6. The number of ether oxygens (including phenoxy) is 1. The second kappa shape index (κ2) is 7.26. The number of carbonyl (C=O) groups excluding carboxylic acids is 1. The molecule has 0 saturated carbocycles. The lowest BCUT2D eigenvalue weighted by Gasteiger charge is -2.21. The Morgan fingerprint density at radius 2 is 2.14 bits per heavy atom. The normalized spacial score (nSPS) is 16.6. The molecule has 1 aromatic carbocycles. The van der Waals surface area contributed by atoms with E-state index in [1.165, 1.54) is 6.07 Å². The summed E-state index contributed by atoms with van der Waals surface area (Å²) in [5.41, 5.74) is 6.21. The molecule has 0 aliphatic carbocycles. The zero-order valence-electron chi connectivity index (χ0n) is 12.3. The van der Waals surface area contributed by atoms with Gasteiger partial charge in [-0.05, 0) is 31.0 Å². The van der Waals surface area contributed by atoms with Crippen LogP contribution in [0.4, 0.5) is 9.18 Å². The van der Waals surface area contributed by atoms with Crippen molar-refractivity contribution >= 4 is 6.03 Å². The highest BCUT2D eigenvalue weighted by atomic mass is 19.1. The Bertz CT molecular complexity index is 496. The average molecular weight is 295 g/mol. The molecule has 1 aliphatic heterocycles. The minimum Gasteiger partial charge on any atom is -0.491 e. The Morgan fingerprint density at radius 1 is 1.33 bits per heavy atom. The van der Waals surface area contributed by atoms with Gasteiger partial charge in [0.05, 0.1) is 6.61 Å². The van der Waals surface area contributed by atoms with Crippen molar-refractivity contribution < 1.29 is 13.9 Å². The lowest BCUT2D eigenvalue weighted by Crippen LogP contribution is -2.38. The van der Waals surface area contributed by atoms with Crippen LogP contribution in [0.5, 0.6) is 5.75 Å². The second-order valence-electron chi connectivity index (χ2n) is 5.15. The van der Waals surface area contributed by atoms with Gasteiger partial charge in [-0.15, -0.1) is 0 Å². The molecule has 0 spiro atoms. The van der Waals surface area contributed by atoms with Crippen molar-refractivity contribution in [1.29, 1.82) is 0 Å². The van der Waals surface area contributed by atoms with Gasteiger partial charge in [-0.2, -0.15) is 0 Å². The van der Waals surface area contributed by atoms with E-state index < -0.39 is 0 Å². The van der Waals surface area contributed by atoms with Gasteiger partial charge in [0.2, 0.25) is 0 Å². The summed E-state index contributed by atoms with van der Waals surface area (Å²) in [7, 11) is 0. The van der Waals surface area contributed by atoms with E-state index in [0.29, 0.717) is 26.2 Å². The van der Waals surface area contributed by atoms with Gasteiger partial charge in [0.1, 0.15) is 0 Å². The third-order valence-electron chi connectivity index (χ3n) is 3.60. The summed E-state index contributed by atoms with van der Waals surface area (Å²) in [4.78, 5) is 15.0. The number of nitrogens with zero attached hydrogens (tertiary/aromatic N) is 2. The van der Waals surface area contributed by atoms with E-state index in [0.717, 1.165) is 25.1 Å². The zero-order chi connectivity index (χ0) is 15.2. The summed E-state index contributed by atoms with van der Waals surface area (Å²) in [5, 5.41) is 0. The maximum Gasteiger partial charge on any atom is 0.314 e. The van der Waals surface area contributed by atoms with Gasteiger partial charge in [0, 0.05) is 32.7 Å². The number of primary amides is 1. The topological polar surface area (TPSA) is 58.8 Å². The van der Waals surface area contributed by atoms with E-state index in [4.69, 9.17) is 10.5 Å². The minimum atomic E-state index is -0.371. The van der Waals surface area contributed by atoms with Crippen LogP contribution in [0, 0.1) is 5.82 Å². The predicted octanol–water partition coefficient (Wildman–Crippen LogP) is 1.81. The summed E-state index contributed by atoms with van der Waals surface area (Å²) >= 11 is 0. The molecule has 0 aromatic heterocycles. The molecule has 1 aliphatic rings. The van der Waals surface area contributed by atoms with Crippen molar-refractivity contribution in [3.05, 3.63) is 29.6 Å². The fourth-order valence-electron chi connectivity index (χ4n) is 2.52. The van der Waals surface area contributed by atoms with Crippen molar-refractivity contribution in [3.8, 4) is 5.75 Å². The molecular weight excluding hydrogens is 273 g/mol. The molecule has 0 atom stereocenters. The number of benzene rings is 1. The highest BCUT2D eigenvalue weighted by Gasteiger charge is 2.17. The molecular formula is C15H22FN3O2. The van der Waals surface area contributed by atoms with Crippen LogP contribution in [-0.2, 0) is 6.54 Å². The quantitative estimate of drug-likeness (QED) is 0.921. The molecule has 0 bridgehead atoms. The van der Waals surface area contributed by atoms with E-state index in [-0.39, 0.29) is 17.6 Å². The fourth-order valence-corrected chi connectivity index (χ4v) is 2.52. The van der Waals surface area contributed by atoms with Crippen molar-refractivity contribution in [2.75, 3.05) is 32.8 Å². The number of urea groups is 1. The first-order valence-electron chi connectivity index (χ1n) is 7.28. The number of carbonyl (C=O) groups is 1. The molecule has 2 rings (SSSR count). The van der Waals surface area contributed by atoms with E-state index >= 15 is 0 Å². The largest absolute Gasteiger partial charge is 0.491 e. The lowest BCUT2D eigenvalue weighted by molar-refractivity contribution is 0.207. The van der Waals surface area contributed by atoms with E-state index in [1.807, 2.05) is 13.0 Å². The van der Waals surface area contributed by atoms with Gasteiger partial charge >= 0.3 is 6.03 Å². The Kier molecular flexibility index (Phi) is 5.38. The molecule has 2 amide bonds. The fraction of sp³-hybridized carbons (Fsp3) is 0.533. The van der Waals surface area contributed by atoms with Gasteiger partial charge in [0.25, 0.3) is 0 Å². The van der Waals surface area contributed by atoms with Crippen LogP contribution in [0.1, 0.15) is 18.9 Å². The number of amides is 2. The minimum absolute atomic E-state index is 0.289. The first-order chi connectivity index (χ1) is 10.1. The first-order valence-corrected chi connectivity index (χ1v) is 7.28. The lowest BCUT2D eigenvalue weighted by atomic mass is 10.2. The summed E-state index contributed by atoms with van der Waals surface area (Å²) < 4.78 is 19.0. The van der Waals surface area contributed by atoms with Crippen molar-refractivity contribution in [2.24, 2.45) is 5.73 Å². The second-order valence-corrected chi connectivity index (χ2v) is 5.15. The average Bonchev–Trinajstić information content (AvgIpc) is 2.68. The van der Waals surface area contributed by atoms with Gasteiger partial charge in [-0.25, -0.2) is 9.18 Å². The molecule has 5 nitrogen and oxygen atoms in total. The smallest absolute Gasteiger partial charge is 0.314 e. The molecule has 1 heterocycles. The molecule has 1 aromatic rings. The Balaban J connectivity index is 1.95. The third-order valence-corrected chi connectivity index (χ3v) is 3.60. The van der Waals surface area contributed by atoms with Crippen LogP contribution < -0.4 is 10.5 Å². The van der Waals surface area contributed by atoms with Crippen LogP contribution in [0.2, 0.25) is 0 Å². The van der Waals surface area contributed by atoms with E-state index in [2.05, 4.69) is 4.90 Å². The summed E-state index contributed by atoms with van der Waals surface area (Å²) in [6, 6.07) is 4.69. The number of hydrogen-bond acceptors (Lipinski definition) is 3. The van der Waals surface area contributed by atoms with Crippen LogP contribution in [0.15, 0.2) is 18.2 Å². The maximum atomic E-state index is 13.8. The Labute approximate surface area is 124 Å². The zero-order valence-corrected chi connectivity index (χ0v) is 12.3. The molecule has 0 radical (unpaired) electrons. The Morgan fingerprint density at radius 3 is 2.81 bits per heavy atom. The van der Waals surface area contributed by atoms with Gasteiger partial charge < -0.3 is 15.4 Å².